The predicted molar refractivity (Wildman–Crippen MR) is 54.1 cm³/mol. The van der Waals surface area contributed by atoms with Crippen LogP contribution in [-0.4, -0.2) is 31.2 Å². The third kappa shape index (κ3) is 1.65. The molecule has 0 aromatic heterocycles. The smallest absolute Gasteiger partial charge is 0.335 e. The summed E-state index contributed by atoms with van der Waals surface area (Å²) in [4.78, 5) is 21.7. The number of sulfone groups is 1. The number of nitrogens with one attached hydrogen (secondary N) is 1. The van der Waals surface area contributed by atoms with Crippen LogP contribution >= 0.6 is 0 Å². The van der Waals surface area contributed by atoms with Gasteiger partial charge in [-0.15, -0.1) is 0 Å². The zero-order chi connectivity index (χ0) is 11.9. The van der Waals surface area contributed by atoms with Crippen LogP contribution in [0.2, 0.25) is 0 Å². The highest BCUT2D eigenvalue weighted by atomic mass is 32.2. The van der Waals surface area contributed by atoms with Crippen LogP contribution in [0.15, 0.2) is 23.1 Å². The molecular formula is C9H7NO5S. The Morgan fingerprint density at radius 1 is 1.38 bits per heavy atom. The van der Waals surface area contributed by atoms with Crippen molar-refractivity contribution in [3.63, 3.8) is 0 Å². The normalized spacial score (nSPS) is 17.4. The van der Waals surface area contributed by atoms with Crippen molar-refractivity contribution in [3.05, 3.63) is 23.8 Å². The fraction of sp³-hybridized carbons (Fsp3) is 0.111. The average Bonchev–Trinajstić information content (AvgIpc) is 2.14. The Balaban J connectivity index is 2.64. The summed E-state index contributed by atoms with van der Waals surface area (Å²) in [6.45, 7) is 0. The summed E-state index contributed by atoms with van der Waals surface area (Å²) in [7, 11) is -3.64. The van der Waals surface area contributed by atoms with Gasteiger partial charge in [-0.2, -0.15) is 0 Å². The molecule has 2 rings (SSSR count). The van der Waals surface area contributed by atoms with Crippen LogP contribution in [0.3, 0.4) is 0 Å². The van der Waals surface area contributed by atoms with Crippen molar-refractivity contribution in [2.75, 3.05) is 11.1 Å². The summed E-state index contributed by atoms with van der Waals surface area (Å²) in [5, 5.41) is 11.0. The third-order valence-electron chi connectivity index (χ3n) is 2.16. The number of amides is 1. The quantitative estimate of drug-likeness (QED) is 0.726. The molecule has 6 nitrogen and oxygen atoms in total. The molecule has 1 heterocycles. The summed E-state index contributed by atoms with van der Waals surface area (Å²) in [6.07, 6.45) is 0. The second-order valence-electron chi connectivity index (χ2n) is 3.32. The molecule has 0 saturated carbocycles. The highest BCUT2D eigenvalue weighted by molar-refractivity contribution is 7.92. The Bertz CT molecular complexity index is 590. The zero-order valence-corrected chi connectivity index (χ0v) is 8.74. The molecule has 84 valence electrons. The van der Waals surface area contributed by atoms with Crippen molar-refractivity contribution >= 4 is 27.4 Å². The Hall–Kier alpha value is -1.89. The first-order chi connectivity index (χ1) is 7.40. The maximum atomic E-state index is 11.6. The lowest BCUT2D eigenvalue weighted by molar-refractivity contribution is -0.114. The lowest BCUT2D eigenvalue weighted by Gasteiger charge is -2.17. The minimum Gasteiger partial charge on any atom is -0.478 e. The fourth-order valence-corrected chi connectivity index (χ4v) is 2.76. The number of hydrogen-bond acceptors (Lipinski definition) is 4. The Morgan fingerprint density at radius 2 is 2.06 bits per heavy atom. The number of benzene rings is 1. The Labute approximate surface area is 90.8 Å². The van der Waals surface area contributed by atoms with E-state index in [-0.39, 0.29) is 16.1 Å². The first-order valence-corrected chi connectivity index (χ1v) is 5.95. The summed E-state index contributed by atoms with van der Waals surface area (Å²) in [5.74, 6) is -2.44. The summed E-state index contributed by atoms with van der Waals surface area (Å²) in [6, 6.07) is 3.51. The monoisotopic (exact) mass is 241 g/mol. The van der Waals surface area contributed by atoms with Gasteiger partial charge in [-0.1, -0.05) is 0 Å². The molecule has 1 aromatic carbocycles. The number of hydrogen-bond donors (Lipinski definition) is 2. The number of fused-ring (bicyclic) bond motifs is 1. The second kappa shape index (κ2) is 3.31. The van der Waals surface area contributed by atoms with Crippen molar-refractivity contribution in [1.29, 1.82) is 0 Å². The summed E-state index contributed by atoms with van der Waals surface area (Å²) >= 11 is 0. The van der Waals surface area contributed by atoms with E-state index in [1.165, 1.54) is 12.1 Å². The molecule has 0 radical (unpaired) electrons. The van der Waals surface area contributed by atoms with E-state index in [0.29, 0.717) is 0 Å². The molecule has 2 N–H and O–H groups in total. The van der Waals surface area contributed by atoms with Gasteiger partial charge in [0, 0.05) is 0 Å². The van der Waals surface area contributed by atoms with Crippen LogP contribution in [0.25, 0.3) is 0 Å². The molecule has 1 amide bonds. The van der Waals surface area contributed by atoms with Crippen molar-refractivity contribution in [2.45, 2.75) is 4.90 Å². The third-order valence-corrected chi connectivity index (χ3v) is 3.83. The van der Waals surface area contributed by atoms with Gasteiger partial charge in [0.05, 0.1) is 16.1 Å². The largest absolute Gasteiger partial charge is 0.478 e. The van der Waals surface area contributed by atoms with Crippen molar-refractivity contribution in [3.8, 4) is 0 Å². The molecule has 0 bridgehead atoms. The summed E-state index contributed by atoms with van der Waals surface area (Å²) < 4.78 is 23.1. The van der Waals surface area contributed by atoms with Crippen LogP contribution in [-0.2, 0) is 14.6 Å². The molecule has 0 atom stereocenters. The molecule has 0 unspecified atom stereocenters. The molecule has 0 spiro atoms. The molecule has 16 heavy (non-hydrogen) atoms. The Kier molecular flexibility index (Phi) is 2.20. The average molecular weight is 241 g/mol. The van der Waals surface area contributed by atoms with E-state index < -0.39 is 27.5 Å². The minimum absolute atomic E-state index is 0.0242. The number of anilines is 1. The zero-order valence-electron chi connectivity index (χ0n) is 7.93. The van der Waals surface area contributed by atoms with Crippen LogP contribution in [0, 0.1) is 0 Å². The van der Waals surface area contributed by atoms with Crippen molar-refractivity contribution in [2.24, 2.45) is 0 Å². The highest BCUT2D eigenvalue weighted by Gasteiger charge is 2.29. The van der Waals surface area contributed by atoms with Gasteiger partial charge in [0.2, 0.25) is 5.91 Å². The lowest BCUT2D eigenvalue weighted by Crippen LogP contribution is -2.29. The van der Waals surface area contributed by atoms with Gasteiger partial charge < -0.3 is 10.4 Å². The topological polar surface area (TPSA) is 101 Å². The van der Waals surface area contributed by atoms with Crippen molar-refractivity contribution in [1.82, 2.24) is 0 Å². The van der Waals surface area contributed by atoms with E-state index in [4.69, 9.17) is 5.11 Å². The van der Waals surface area contributed by atoms with Gasteiger partial charge in [0.25, 0.3) is 0 Å². The first kappa shape index (κ1) is 10.6. The highest BCUT2D eigenvalue weighted by Crippen LogP contribution is 2.27. The number of aromatic carboxylic acids is 1. The lowest BCUT2D eigenvalue weighted by atomic mass is 10.2. The van der Waals surface area contributed by atoms with Gasteiger partial charge in [0.1, 0.15) is 5.75 Å². The van der Waals surface area contributed by atoms with Crippen LogP contribution in [0.1, 0.15) is 10.4 Å². The van der Waals surface area contributed by atoms with Gasteiger partial charge >= 0.3 is 5.97 Å². The maximum Gasteiger partial charge on any atom is 0.335 e. The van der Waals surface area contributed by atoms with Gasteiger partial charge in [0.15, 0.2) is 9.84 Å². The maximum absolute atomic E-state index is 11.6. The number of rotatable bonds is 1. The first-order valence-electron chi connectivity index (χ1n) is 4.30. The van der Waals surface area contributed by atoms with Crippen LogP contribution < -0.4 is 5.32 Å². The molecule has 1 aliphatic heterocycles. The SMILES string of the molecule is O=C1CS(=O)(=O)c2ccc(C(=O)O)cc2N1. The van der Waals surface area contributed by atoms with Gasteiger partial charge in [-0.05, 0) is 18.2 Å². The number of carboxylic acids is 1. The van der Waals surface area contributed by atoms with Crippen LogP contribution in [0.5, 0.6) is 0 Å². The molecule has 0 fully saturated rings. The van der Waals surface area contributed by atoms with Gasteiger partial charge in [-0.25, -0.2) is 13.2 Å². The van der Waals surface area contributed by atoms with E-state index in [0.717, 1.165) is 6.07 Å². The molecule has 0 saturated heterocycles. The van der Waals surface area contributed by atoms with Gasteiger partial charge in [-0.3, -0.25) is 4.79 Å². The van der Waals surface area contributed by atoms with E-state index in [1.54, 1.807) is 0 Å². The fourth-order valence-electron chi connectivity index (χ4n) is 1.47. The Morgan fingerprint density at radius 3 is 2.69 bits per heavy atom. The standard InChI is InChI=1S/C9H7NO5S/c11-8-4-16(14,15)7-2-1-5(9(12)13)3-6(7)10-8/h1-3H,4H2,(H,10,11)(H,12,13). The number of carbonyl (C=O) groups excluding carboxylic acids is 1. The predicted octanol–water partition coefficient (Wildman–Crippen LogP) is 0.111. The van der Waals surface area contributed by atoms with E-state index in [9.17, 15) is 18.0 Å². The number of carbonyl (C=O) groups is 2. The van der Waals surface area contributed by atoms with E-state index >= 15 is 0 Å². The van der Waals surface area contributed by atoms with E-state index in [2.05, 4.69) is 5.32 Å². The second-order valence-corrected chi connectivity index (χ2v) is 5.28. The molecule has 7 heteroatoms. The summed E-state index contributed by atoms with van der Waals surface area (Å²) in [5.41, 5.74) is -0.0488. The van der Waals surface area contributed by atoms with Crippen LogP contribution in [0.4, 0.5) is 5.69 Å². The minimum atomic E-state index is -3.64. The molecule has 1 aliphatic rings. The van der Waals surface area contributed by atoms with Crippen molar-refractivity contribution < 1.29 is 23.1 Å². The molecule has 1 aromatic rings. The molecule has 0 aliphatic carbocycles. The number of carboxylic acid groups (broad SMARTS) is 1. The molecular weight excluding hydrogens is 234 g/mol. The van der Waals surface area contributed by atoms with E-state index in [1.807, 2.05) is 0 Å².